The summed E-state index contributed by atoms with van der Waals surface area (Å²) in [5.41, 5.74) is 0. The first kappa shape index (κ1) is 3.87. The summed E-state index contributed by atoms with van der Waals surface area (Å²) in [4.78, 5) is 2.47. The van der Waals surface area contributed by atoms with E-state index < -0.39 is 0 Å². The van der Waals surface area contributed by atoms with Gasteiger partial charge >= 0.3 is 0 Å². The van der Waals surface area contributed by atoms with Gasteiger partial charge in [0, 0.05) is 19.6 Å². The summed E-state index contributed by atoms with van der Waals surface area (Å²) in [7, 11) is 0. The second-order valence-corrected chi connectivity index (χ2v) is 2.29. The van der Waals surface area contributed by atoms with Crippen LogP contribution in [-0.2, 0) is 0 Å². The zero-order valence-corrected chi connectivity index (χ0v) is 4.35. The summed E-state index contributed by atoms with van der Waals surface area (Å²) in [6, 6.07) is 0. The molecule has 2 saturated heterocycles. The minimum absolute atomic E-state index is 0.778. The molecule has 2 fully saturated rings. The van der Waals surface area contributed by atoms with E-state index in [1.807, 2.05) is 0 Å². The lowest BCUT2D eigenvalue weighted by molar-refractivity contribution is 0.128. The summed E-state index contributed by atoms with van der Waals surface area (Å²) in [5.74, 6) is 0. The van der Waals surface area contributed by atoms with Crippen molar-refractivity contribution in [3.05, 3.63) is 0 Å². The normalized spacial score (nSPS) is 40.3. The van der Waals surface area contributed by atoms with E-state index in [1.54, 1.807) is 0 Å². The molecule has 0 aromatic rings. The van der Waals surface area contributed by atoms with Crippen LogP contribution in [0.25, 0.3) is 0 Å². The van der Waals surface area contributed by atoms with Gasteiger partial charge in [0.1, 0.15) is 0 Å². The molecule has 0 aromatic heterocycles. The van der Waals surface area contributed by atoms with Crippen molar-refractivity contribution in [2.75, 3.05) is 19.6 Å². The predicted molar refractivity (Wildman–Crippen MR) is 28.0 cm³/mol. The van der Waals surface area contributed by atoms with Gasteiger partial charge in [-0.2, -0.15) is 0 Å². The van der Waals surface area contributed by atoms with Gasteiger partial charge in [-0.15, -0.1) is 0 Å². The first-order valence-electron chi connectivity index (χ1n) is 2.94. The molecule has 7 heavy (non-hydrogen) atoms. The number of hydrogen-bond donors (Lipinski definition) is 1. The van der Waals surface area contributed by atoms with Crippen LogP contribution >= 0.6 is 0 Å². The zero-order valence-electron chi connectivity index (χ0n) is 4.35. The molecule has 0 aliphatic carbocycles. The molecule has 0 amide bonds. The van der Waals surface area contributed by atoms with E-state index in [0.717, 1.165) is 6.17 Å². The molecule has 40 valence electrons. The molecular formula is C5H10N2. The van der Waals surface area contributed by atoms with Crippen molar-refractivity contribution in [1.29, 1.82) is 0 Å². The fourth-order valence-corrected chi connectivity index (χ4v) is 1.31. The lowest BCUT2D eigenvalue weighted by Gasteiger charge is -2.33. The molecule has 0 saturated carbocycles. The number of fused-ring (bicyclic) bond motifs is 1. The molecule has 2 aliphatic rings. The molecule has 0 bridgehead atoms. The third-order valence-corrected chi connectivity index (χ3v) is 1.91. The van der Waals surface area contributed by atoms with Gasteiger partial charge in [0.25, 0.3) is 0 Å². The van der Waals surface area contributed by atoms with E-state index in [1.165, 1.54) is 26.1 Å². The second-order valence-electron chi connectivity index (χ2n) is 2.29. The Morgan fingerprint density at radius 3 is 2.71 bits per heavy atom. The van der Waals surface area contributed by atoms with Gasteiger partial charge in [-0.25, -0.2) is 0 Å². The molecule has 2 aliphatic heterocycles. The van der Waals surface area contributed by atoms with Crippen molar-refractivity contribution in [3.63, 3.8) is 0 Å². The first-order chi connectivity index (χ1) is 3.47. The molecule has 2 heterocycles. The van der Waals surface area contributed by atoms with E-state index >= 15 is 0 Å². The van der Waals surface area contributed by atoms with E-state index in [4.69, 9.17) is 0 Å². The molecule has 2 nitrogen and oxygen atoms in total. The fourth-order valence-electron chi connectivity index (χ4n) is 1.31. The Morgan fingerprint density at radius 1 is 1.43 bits per heavy atom. The van der Waals surface area contributed by atoms with Crippen LogP contribution < -0.4 is 5.32 Å². The predicted octanol–water partition coefficient (Wildman–Crippen LogP) is -0.379. The first-order valence-corrected chi connectivity index (χ1v) is 2.94. The highest BCUT2D eigenvalue weighted by atomic mass is 15.4. The Labute approximate surface area is 43.5 Å². The molecule has 0 aromatic carbocycles. The zero-order chi connectivity index (χ0) is 4.69. The molecule has 1 atom stereocenters. The molecule has 1 N–H and O–H groups in total. The second kappa shape index (κ2) is 1.20. The Kier molecular flexibility index (Phi) is 0.664. The van der Waals surface area contributed by atoms with E-state index in [-0.39, 0.29) is 0 Å². The van der Waals surface area contributed by atoms with Crippen molar-refractivity contribution in [2.24, 2.45) is 0 Å². The number of nitrogens with zero attached hydrogens (tertiary/aromatic N) is 1. The van der Waals surface area contributed by atoms with Crippen LogP contribution in [0.15, 0.2) is 0 Å². The third kappa shape index (κ3) is 0.409. The van der Waals surface area contributed by atoms with E-state index in [0.29, 0.717) is 0 Å². The van der Waals surface area contributed by atoms with E-state index in [2.05, 4.69) is 10.2 Å². The Hall–Kier alpha value is -0.0800. The van der Waals surface area contributed by atoms with Crippen LogP contribution in [0.2, 0.25) is 0 Å². The van der Waals surface area contributed by atoms with E-state index in [9.17, 15) is 0 Å². The summed E-state index contributed by atoms with van der Waals surface area (Å²) in [6.45, 7) is 3.83. The maximum Gasteiger partial charge on any atom is 0.0610 e. The topological polar surface area (TPSA) is 15.3 Å². The lowest BCUT2D eigenvalue weighted by atomic mass is 10.2. The third-order valence-electron chi connectivity index (χ3n) is 1.91. The highest BCUT2D eigenvalue weighted by molar-refractivity contribution is 4.86. The van der Waals surface area contributed by atoms with Crippen molar-refractivity contribution < 1.29 is 0 Å². The number of hydrogen-bond acceptors (Lipinski definition) is 2. The standard InChI is InChI=1S/C5H10N2/c1-3-7-4-2-6-5(1)7/h5-6H,1-4H2/t5-/m1/s1. The Morgan fingerprint density at radius 2 is 2.43 bits per heavy atom. The lowest BCUT2D eigenvalue weighted by Crippen LogP contribution is -2.47. The Balaban J connectivity index is 2.03. The molecular weight excluding hydrogens is 88.1 g/mol. The minimum Gasteiger partial charge on any atom is -0.300 e. The van der Waals surface area contributed by atoms with Crippen LogP contribution in [0.4, 0.5) is 0 Å². The molecule has 2 heteroatoms. The van der Waals surface area contributed by atoms with Gasteiger partial charge in [0.05, 0.1) is 6.17 Å². The maximum absolute atomic E-state index is 3.38. The van der Waals surface area contributed by atoms with Gasteiger partial charge < -0.3 is 5.32 Å². The smallest absolute Gasteiger partial charge is 0.0610 e. The van der Waals surface area contributed by atoms with Crippen LogP contribution in [0.3, 0.4) is 0 Å². The van der Waals surface area contributed by atoms with Gasteiger partial charge in [-0.05, 0) is 6.42 Å². The monoisotopic (exact) mass is 98.1 g/mol. The van der Waals surface area contributed by atoms with Gasteiger partial charge in [-0.3, -0.25) is 4.90 Å². The molecule has 0 unspecified atom stereocenters. The average Bonchev–Trinajstić information content (AvgIpc) is 1.85. The molecule has 2 rings (SSSR count). The number of nitrogens with one attached hydrogen (secondary N) is 1. The minimum atomic E-state index is 0.778. The molecule has 0 spiro atoms. The van der Waals surface area contributed by atoms with Crippen LogP contribution in [0.1, 0.15) is 6.42 Å². The van der Waals surface area contributed by atoms with Crippen LogP contribution in [0, 0.1) is 0 Å². The summed E-state index contributed by atoms with van der Waals surface area (Å²) in [6.07, 6.45) is 2.15. The fraction of sp³-hybridized carbons (Fsp3) is 1.00. The highest BCUT2D eigenvalue weighted by Gasteiger charge is 2.30. The van der Waals surface area contributed by atoms with Crippen molar-refractivity contribution in [2.45, 2.75) is 12.6 Å². The van der Waals surface area contributed by atoms with Crippen molar-refractivity contribution >= 4 is 0 Å². The average molecular weight is 98.1 g/mol. The van der Waals surface area contributed by atoms with Crippen molar-refractivity contribution in [3.8, 4) is 0 Å². The number of rotatable bonds is 0. The SMILES string of the molecule is C1CN2CC[C@@H]2N1. The highest BCUT2D eigenvalue weighted by Crippen LogP contribution is 2.16. The quantitative estimate of drug-likeness (QED) is 0.444. The summed E-state index contributed by atoms with van der Waals surface area (Å²) < 4.78 is 0. The Bertz CT molecular complexity index is 72.1. The van der Waals surface area contributed by atoms with Gasteiger partial charge in [-0.1, -0.05) is 0 Å². The van der Waals surface area contributed by atoms with Crippen molar-refractivity contribution in [1.82, 2.24) is 10.2 Å². The van der Waals surface area contributed by atoms with Gasteiger partial charge in [0.2, 0.25) is 0 Å². The maximum atomic E-state index is 3.38. The summed E-state index contributed by atoms with van der Waals surface area (Å²) in [5, 5.41) is 3.38. The molecule has 0 radical (unpaired) electrons. The summed E-state index contributed by atoms with van der Waals surface area (Å²) >= 11 is 0. The van der Waals surface area contributed by atoms with Gasteiger partial charge in [0.15, 0.2) is 0 Å². The van der Waals surface area contributed by atoms with Crippen LogP contribution in [-0.4, -0.2) is 30.7 Å². The van der Waals surface area contributed by atoms with Crippen LogP contribution in [0.5, 0.6) is 0 Å². The largest absolute Gasteiger partial charge is 0.300 e.